The lowest BCUT2D eigenvalue weighted by Crippen LogP contribution is -2.38. The maximum atomic E-state index is 13.6. The summed E-state index contributed by atoms with van der Waals surface area (Å²) in [5, 5.41) is 6.54. The molecule has 1 atom stereocenters. The van der Waals surface area contributed by atoms with E-state index in [-0.39, 0.29) is 17.7 Å². The molecule has 5 nitrogen and oxygen atoms in total. The van der Waals surface area contributed by atoms with E-state index in [4.69, 9.17) is 9.47 Å². The van der Waals surface area contributed by atoms with Crippen molar-refractivity contribution in [3.8, 4) is 5.75 Å². The van der Waals surface area contributed by atoms with Crippen molar-refractivity contribution in [1.82, 2.24) is 10.6 Å². The second-order valence-corrected chi connectivity index (χ2v) is 5.94. The smallest absolute Gasteiger partial charge is 0.191 e. The third kappa shape index (κ3) is 7.13. The molecule has 6 heteroatoms. The highest BCUT2D eigenvalue weighted by Crippen LogP contribution is 2.17. The standard InChI is InChI=1S/C19H28FN3O2/c1-3-21-19(22-11-8-16-9-12-24-13-10-16)23-14-15(2)25-18-7-5-4-6-17(18)20/h4-7,9,15H,3,8,10-14H2,1-2H3,(H2,21,22,23). The van der Waals surface area contributed by atoms with Gasteiger partial charge < -0.3 is 20.1 Å². The van der Waals surface area contributed by atoms with Crippen molar-refractivity contribution in [2.24, 2.45) is 4.99 Å². The van der Waals surface area contributed by atoms with Gasteiger partial charge in [-0.2, -0.15) is 0 Å². The van der Waals surface area contributed by atoms with E-state index in [9.17, 15) is 4.39 Å². The maximum absolute atomic E-state index is 13.6. The molecule has 0 saturated carbocycles. The van der Waals surface area contributed by atoms with Crippen LogP contribution in [0.1, 0.15) is 26.7 Å². The van der Waals surface area contributed by atoms with Gasteiger partial charge in [-0.15, -0.1) is 0 Å². The van der Waals surface area contributed by atoms with Crippen LogP contribution in [0.4, 0.5) is 4.39 Å². The van der Waals surface area contributed by atoms with Crippen molar-refractivity contribution in [2.45, 2.75) is 32.8 Å². The molecule has 0 radical (unpaired) electrons. The van der Waals surface area contributed by atoms with Gasteiger partial charge in [0.05, 0.1) is 19.8 Å². The molecule has 0 saturated heterocycles. The fraction of sp³-hybridized carbons (Fsp3) is 0.526. The van der Waals surface area contributed by atoms with Crippen LogP contribution in [-0.2, 0) is 4.74 Å². The molecule has 2 rings (SSSR count). The molecule has 138 valence electrons. The largest absolute Gasteiger partial charge is 0.486 e. The molecule has 0 spiro atoms. The molecule has 0 aromatic heterocycles. The zero-order valence-electron chi connectivity index (χ0n) is 15.1. The van der Waals surface area contributed by atoms with Gasteiger partial charge in [0.1, 0.15) is 6.10 Å². The van der Waals surface area contributed by atoms with Crippen LogP contribution in [0.25, 0.3) is 0 Å². The number of hydrogen-bond donors (Lipinski definition) is 2. The number of ether oxygens (including phenoxy) is 2. The summed E-state index contributed by atoms with van der Waals surface area (Å²) in [6.07, 6.45) is 3.92. The Balaban J connectivity index is 1.79. The van der Waals surface area contributed by atoms with Gasteiger partial charge in [0.2, 0.25) is 0 Å². The van der Waals surface area contributed by atoms with Crippen molar-refractivity contribution in [3.63, 3.8) is 0 Å². The van der Waals surface area contributed by atoms with Gasteiger partial charge in [0.15, 0.2) is 17.5 Å². The Hall–Kier alpha value is -2.08. The first-order valence-electron chi connectivity index (χ1n) is 8.88. The molecule has 1 unspecified atom stereocenters. The van der Waals surface area contributed by atoms with Crippen LogP contribution in [0, 0.1) is 5.82 Å². The number of halogens is 1. The van der Waals surface area contributed by atoms with Gasteiger partial charge in [0, 0.05) is 13.1 Å². The lowest BCUT2D eigenvalue weighted by molar-refractivity contribution is 0.153. The van der Waals surface area contributed by atoms with Gasteiger partial charge in [0.25, 0.3) is 0 Å². The number of benzene rings is 1. The summed E-state index contributed by atoms with van der Waals surface area (Å²) in [6, 6.07) is 6.42. The molecule has 0 amide bonds. The van der Waals surface area contributed by atoms with Crippen molar-refractivity contribution in [2.75, 3.05) is 32.8 Å². The predicted molar refractivity (Wildman–Crippen MR) is 98.6 cm³/mol. The molecule has 1 aromatic rings. The molecule has 1 aliphatic heterocycles. The van der Waals surface area contributed by atoms with E-state index in [0.29, 0.717) is 13.2 Å². The number of aliphatic imine (C=N–C) groups is 1. The first-order chi connectivity index (χ1) is 12.2. The normalized spacial score (nSPS) is 16.1. The third-order valence-corrected chi connectivity index (χ3v) is 3.81. The molecule has 1 aromatic carbocycles. The van der Waals surface area contributed by atoms with E-state index in [2.05, 4.69) is 21.7 Å². The summed E-state index contributed by atoms with van der Waals surface area (Å²) in [5.41, 5.74) is 1.42. The lowest BCUT2D eigenvalue weighted by atomic mass is 10.1. The van der Waals surface area contributed by atoms with Crippen molar-refractivity contribution < 1.29 is 13.9 Å². The molecule has 0 fully saturated rings. The zero-order valence-corrected chi connectivity index (χ0v) is 15.1. The Kier molecular flexibility index (Phi) is 8.25. The molecule has 2 N–H and O–H groups in total. The topological polar surface area (TPSA) is 54.9 Å². The average Bonchev–Trinajstić information content (AvgIpc) is 2.62. The van der Waals surface area contributed by atoms with Gasteiger partial charge in [-0.1, -0.05) is 23.8 Å². The van der Waals surface area contributed by atoms with Gasteiger partial charge >= 0.3 is 0 Å². The van der Waals surface area contributed by atoms with E-state index < -0.39 is 0 Å². The number of hydrogen-bond acceptors (Lipinski definition) is 3. The summed E-state index contributed by atoms with van der Waals surface area (Å²) in [4.78, 5) is 4.52. The molecular formula is C19H28FN3O2. The van der Waals surface area contributed by atoms with E-state index >= 15 is 0 Å². The zero-order chi connectivity index (χ0) is 17.9. The number of para-hydroxylation sites is 1. The van der Waals surface area contributed by atoms with Gasteiger partial charge in [-0.25, -0.2) is 9.38 Å². The monoisotopic (exact) mass is 349 g/mol. The maximum Gasteiger partial charge on any atom is 0.191 e. The number of nitrogens with zero attached hydrogens (tertiary/aromatic N) is 1. The van der Waals surface area contributed by atoms with Crippen LogP contribution in [0.2, 0.25) is 0 Å². The fourth-order valence-electron chi connectivity index (χ4n) is 2.49. The summed E-state index contributed by atoms with van der Waals surface area (Å²) < 4.78 is 24.5. The minimum Gasteiger partial charge on any atom is -0.486 e. The molecular weight excluding hydrogens is 321 g/mol. The fourth-order valence-corrected chi connectivity index (χ4v) is 2.49. The van der Waals surface area contributed by atoms with Crippen LogP contribution in [0.3, 0.4) is 0 Å². The number of rotatable bonds is 8. The number of nitrogens with one attached hydrogen (secondary N) is 2. The van der Waals surface area contributed by atoms with Crippen LogP contribution < -0.4 is 15.4 Å². The lowest BCUT2D eigenvalue weighted by Gasteiger charge is -2.17. The van der Waals surface area contributed by atoms with E-state index in [1.165, 1.54) is 11.6 Å². The van der Waals surface area contributed by atoms with Crippen molar-refractivity contribution in [1.29, 1.82) is 0 Å². The highest BCUT2D eigenvalue weighted by Gasteiger charge is 2.08. The van der Waals surface area contributed by atoms with Crippen LogP contribution in [-0.4, -0.2) is 44.9 Å². The van der Waals surface area contributed by atoms with Crippen LogP contribution >= 0.6 is 0 Å². The third-order valence-electron chi connectivity index (χ3n) is 3.81. The Morgan fingerprint density at radius 1 is 1.36 bits per heavy atom. The summed E-state index contributed by atoms with van der Waals surface area (Å²) >= 11 is 0. The van der Waals surface area contributed by atoms with Crippen LogP contribution in [0.5, 0.6) is 5.75 Å². The van der Waals surface area contributed by atoms with Crippen LogP contribution in [0.15, 0.2) is 40.9 Å². The Morgan fingerprint density at radius 3 is 2.92 bits per heavy atom. The SMILES string of the molecule is CCNC(=NCC(C)Oc1ccccc1F)NCCC1=CCOCC1. The molecule has 1 aliphatic rings. The van der Waals surface area contributed by atoms with Gasteiger partial charge in [-0.05, 0) is 38.8 Å². The second kappa shape index (κ2) is 10.7. The highest BCUT2D eigenvalue weighted by atomic mass is 19.1. The minimum atomic E-state index is -0.354. The average molecular weight is 349 g/mol. The van der Waals surface area contributed by atoms with E-state index in [1.54, 1.807) is 18.2 Å². The van der Waals surface area contributed by atoms with Crippen molar-refractivity contribution in [3.05, 3.63) is 41.7 Å². The molecule has 0 aliphatic carbocycles. The Bertz CT molecular complexity index is 590. The quantitative estimate of drug-likeness (QED) is 0.430. The van der Waals surface area contributed by atoms with Crippen molar-refractivity contribution >= 4 is 5.96 Å². The van der Waals surface area contributed by atoms with E-state index in [0.717, 1.165) is 38.5 Å². The second-order valence-electron chi connectivity index (χ2n) is 5.94. The minimum absolute atomic E-state index is 0.217. The predicted octanol–water partition coefficient (Wildman–Crippen LogP) is 2.88. The summed E-state index contributed by atoms with van der Waals surface area (Å²) in [6.45, 7) is 7.48. The highest BCUT2D eigenvalue weighted by molar-refractivity contribution is 5.79. The molecule has 0 bridgehead atoms. The van der Waals surface area contributed by atoms with E-state index in [1.807, 2.05) is 13.8 Å². The Morgan fingerprint density at radius 2 is 2.20 bits per heavy atom. The number of guanidine groups is 1. The summed E-state index contributed by atoms with van der Waals surface area (Å²) in [7, 11) is 0. The van der Waals surface area contributed by atoms with Gasteiger partial charge in [-0.3, -0.25) is 0 Å². The Labute approximate surface area is 149 Å². The molecule has 25 heavy (non-hydrogen) atoms. The summed E-state index contributed by atoms with van der Waals surface area (Å²) in [5.74, 6) is 0.654. The first kappa shape index (κ1) is 19.2. The molecule has 1 heterocycles. The first-order valence-corrected chi connectivity index (χ1v) is 8.88.